The second-order valence-corrected chi connectivity index (χ2v) is 3.79. The molecule has 0 saturated carbocycles. The molecule has 0 aliphatic rings. The van der Waals surface area contributed by atoms with Crippen LogP contribution >= 0.6 is 34.8 Å². The Hall–Kier alpha value is -0.550. The summed E-state index contributed by atoms with van der Waals surface area (Å²) in [5.41, 5.74) is 6.68. The molecule has 14 heavy (non-hydrogen) atoms. The summed E-state index contributed by atoms with van der Waals surface area (Å²) in [5.74, 6) is 6.21. The van der Waals surface area contributed by atoms with E-state index in [0.29, 0.717) is 33.6 Å². The van der Waals surface area contributed by atoms with Gasteiger partial charge in [0.15, 0.2) is 0 Å². The average molecular weight is 249 g/mol. The Morgan fingerprint density at radius 1 is 1.21 bits per heavy atom. The van der Waals surface area contributed by atoms with Crippen LogP contribution in [0.3, 0.4) is 0 Å². The van der Waals surface area contributed by atoms with Crippen LogP contribution in [0.1, 0.15) is 12.0 Å². The number of hydrogen-bond acceptors (Lipinski definition) is 1. The quantitative estimate of drug-likeness (QED) is 0.459. The van der Waals surface area contributed by atoms with E-state index in [9.17, 15) is 0 Å². The highest BCUT2D eigenvalue weighted by atomic mass is 35.5. The Kier molecular flexibility index (Phi) is 4.41. The van der Waals surface area contributed by atoms with E-state index >= 15 is 0 Å². The SMILES string of the molecule is Nc1cc(Cl)c(C#CCCCl)c(Cl)c1. The van der Waals surface area contributed by atoms with Gasteiger partial charge in [-0.3, -0.25) is 0 Å². The van der Waals surface area contributed by atoms with Crippen molar-refractivity contribution in [1.82, 2.24) is 0 Å². The minimum Gasteiger partial charge on any atom is -0.399 e. The molecule has 0 unspecified atom stereocenters. The minimum absolute atomic E-state index is 0.470. The first kappa shape index (κ1) is 11.5. The minimum atomic E-state index is 0.470. The van der Waals surface area contributed by atoms with Gasteiger partial charge in [0, 0.05) is 18.0 Å². The fourth-order valence-corrected chi connectivity index (χ4v) is 1.60. The van der Waals surface area contributed by atoms with E-state index in [4.69, 9.17) is 40.5 Å². The molecule has 74 valence electrons. The molecule has 0 amide bonds. The highest BCUT2D eigenvalue weighted by Crippen LogP contribution is 2.26. The number of rotatable bonds is 1. The molecule has 0 atom stereocenters. The predicted octanol–water partition coefficient (Wildman–Crippen LogP) is 3.56. The highest BCUT2D eigenvalue weighted by molar-refractivity contribution is 6.37. The smallest absolute Gasteiger partial charge is 0.0619 e. The van der Waals surface area contributed by atoms with Gasteiger partial charge in [0.25, 0.3) is 0 Å². The Morgan fingerprint density at radius 3 is 2.29 bits per heavy atom. The lowest BCUT2D eigenvalue weighted by Crippen LogP contribution is -1.87. The molecule has 0 radical (unpaired) electrons. The van der Waals surface area contributed by atoms with E-state index in [2.05, 4.69) is 11.8 Å². The van der Waals surface area contributed by atoms with E-state index in [0.717, 1.165) is 0 Å². The molecule has 2 N–H and O–H groups in total. The van der Waals surface area contributed by atoms with Crippen LogP contribution in [0.2, 0.25) is 10.0 Å². The van der Waals surface area contributed by atoms with Gasteiger partial charge in [-0.15, -0.1) is 11.6 Å². The third kappa shape index (κ3) is 2.99. The lowest BCUT2D eigenvalue weighted by molar-refractivity contribution is 1.29. The third-order valence-corrected chi connectivity index (χ3v) is 2.28. The van der Waals surface area contributed by atoms with Gasteiger partial charge in [0.05, 0.1) is 15.6 Å². The van der Waals surface area contributed by atoms with Crippen LogP contribution in [0.25, 0.3) is 0 Å². The van der Waals surface area contributed by atoms with Crippen LogP contribution in [-0.2, 0) is 0 Å². The van der Waals surface area contributed by atoms with Crippen molar-refractivity contribution in [2.75, 3.05) is 11.6 Å². The molecule has 1 rings (SSSR count). The topological polar surface area (TPSA) is 26.0 Å². The molecule has 1 aromatic rings. The molecule has 0 heterocycles. The maximum atomic E-state index is 5.91. The Bertz CT molecular complexity index is 367. The van der Waals surface area contributed by atoms with Crippen molar-refractivity contribution in [3.05, 3.63) is 27.7 Å². The summed E-state index contributed by atoms with van der Waals surface area (Å²) in [6.45, 7) is 0. The standard InChI is InChI=1S/C10H8Cl3N/c11-4-2-1-3-8-9(12)5-7(14)6-10(8)13/h5-6H,2,4,14H2. The van der Waals surface area contributed by atoms with Gasteiger partial charge in [-0.25, -0.2) is 0 Å². The molecular formula is C10H8Cl3N. The van der Waals surface area contributed by atoms with E-state index in [1.807, 2.05) is 0 Å². The fourth-order valence-electron chi connectivity index (χ4n) is 0.910. The lowest BCUT2D eigenvalue weighted by Gasteiger charge is -2.00. The van der Waals surface area contributed by atoms with Gasteiger partial charge in [0.1, 0.15) is 0 Å². The normalized spacial score (nSPS) is 9.36. The summed E-state index contributed by atoms with van der Waals surface area (Å²) in [6.07, 6.45) is 0.610. The predicted molar refractivity (Wildman–Crippen MR) is 63.1 cm³/mol. The van der Waals surface area contributed by atoms with Gasteiger partial charge < -0.3 is 5.73 Å². The van der Waals surface area contributed by atoms with Crippen molar-refractivity contribution in [2.24, 2.45) is 0 Å². The lowest BCUT2D eigenvalue weighted by atomic mass is 10.2. The van der Waals surface area contributed by atoms with E-state index in [1.54, 1.807) is 12.1 Å². The number of nitrogen functional groups attached to an aromatic ring is 1. The number of halogens is 3. The molecule has 4 heteroatoms. The third-order valence-electron chi connectivity index (χ3n) is 1.50. The van der Waals surface area contributed by atoms with Gasteiger partial charge in [-0.1, -0.05) is 35.0 Å². The monoisotopic (exact) mass is 247 g/mol. The van der Waals surface area contributed by atoms with E-state index in [-0.39, 0.29) is 0 Å². The van der Waals surface area contributed by atoms with Crippen molar-refractivity contribution in [3.63, 3.8) is 0 Å². The first-order valence-electron chi connectivity index (χ1n) is 3.94. The Balaban J connectivity index is 3.04. The molecule has 1 nitrogen and oxygen atoms in total. The summed E-state index contributed by atoms with van der Waals surface area (Å²) in [6, 6.07) is 3.25. The fraction of sp³-hybridized carbons (Fsp3) is 0.200. The molecule has 0 aromatic heterocycles. The van der Waals surface area contributed by atoms with Crippen molar-refractivity contribution in [2.45, 2.75) is 6.42 Å². The average Bonchev–Trinajstić information content (AvgIpc) is 2.09. The van der Waals surface area contributed by atoms with E-state index in [1.165, 1.54) is 0 Å². The van der Waals surface area contributed by atoms with E-state index < -0.39 is 0 Å². The molecular weight excluding hydrogens is 240 g/mol. The molecule has 0 aliphatic carbocycles. The second kappa shape index (κ2) is 5.36. The summed E-state index contributed by atoms with van der Waals surface area (Å²) in [5, 5.41) is 0.939. The summed E-state index contributed by atoms with van der Waals surface area (Å²) < 4.78 is 0. The zero-order chi connectivity index (χ0) is 10.6. The van der Waals surface area contributed by atoms with Crippen LogP contribution in [0.15, 0.2) is 12.1 Å². The molecule has 0 aliphatic heterocycles. The van der Waals surface area contributed by atoms with Crippen LogP contribution < -0.4 is 5.73 Å². The molecule has 0 bridgehead atoms. The number of hydrogen-bond donors (Lipinski definition) is 1. The first-order valence-corrected chi connectivity index (χ1v) is 5.23. The van der Waals surface area contributed by atoms with Gasteiger partial charge in [-0.05, 0) is 12.1 Å². The van der Waals surface area contributed by atoms with Crippen molar-refractivity contribution >= 4 is 40.5 Å². The summed E-state index contributed by atoms with van der Waals surface area (Å²) in [4.78, 5) is 0. The molecule has 0 saturated heterocycles. The molecule has 0 fully saturated rings. The van der Waals surface area contributed by atoms with Crippen molar-refractivity contribution < 1.29 is 0 Å². The Labute approximate surface area is 98.1 Å². The summed E-state index contributed by atoms with van der Waals surface area (Å²) >= 11 is 17.3. The first-order chi connectivity index (χ1) is 6.65. The highest BCUT2D eigenvalue weighted by Gasteiger charge is 2.03. The number of anilines is 1. The number of alkyl halides is 1. The number of nitrogens with two attached hydrogens (primary N) is 1. The van der Waals surface area contributed by atoms with Crippen LogP contribution in [0, 0.1) is 11.8 Å². The van der Waals surface area contributed by atoms with Gasteiger partial charge in [-0.2, -0.15) is 0 Å². The maximum absolute atomic E-state index is 5.91. The van der Waals surface area contributed by atoms with Crippen LogP contribution in [0.4, 0.5) is 5.69 Å². The second-order valence-electron chi connectivity index (χ2n) is 2.60. The Morgan fingerprint density at radius 2 is 1.79 bits per heavy atom. The van der Waals surface area contributed by atoms with Crippen LogP contribution in [-0.4, -0.2) is 5.88 Å². The molecule has 1 aromatic carbocycles. The van der Waals surface area contributed by atoms with Crippen molar-refractivity contribution in [3.8, 4) is 11.8 Å². The van der Waals surface area contributed by atoms with Gasteiger partial charge >= 0.3 is 0 Å². The summed E-state index contributed by atoms with van der Waals surface area (Å²) in [7, 11) is 0. The zero-order valence-corrected chi connectivity index (χ0v) is 9.55. The molecule has 0 spiro atoms. The zero-order valence-electron chi connectivity index (χ0n) is 7.28. The van der Waals surface area contributed by atoms with Crippen molar-refractivity contribution in [1.29, 1.82) is 0 Å². The largest absolute Gasteiger partial charge is 0.399 e. The van der Waals surface area contributed by atoms with Crippen LogP contribution in [0.5, 0.6) is 0 Å². The van der Waals surface area contributed by atoms with Gasteiger partial charge in [0.2, 0.25) is 0 Å². The number of benzene rings is 1. The maximum Gasteiger partial charge on any atom is 0.0619 e.